The van der Waals surface area contributed by atoms with Gasteiger partial charge in [-0.25, -0.2) is 0 Å². The average molecular weight is 343 g/mol. The average Bonchev–Trinajstić information content (AvgIpc) is 2.76. The van der Waals surface area contributed by atoms with Crippen molar-refractivity contribution in [3.05, 3.63) is 29.8 Å². The first-order valence-corrected chi connectivity index (χ1v) is 9.40. The number of amides is 1. The maximum atomic E-state index is 12.5. The third-order valence-corrected chi connectivity index (χ3v) is 6.00. The second-order valence-electron chi connectivity index (χ2n) is 8.57. The summed E-state index contributed by atoms with van der Waals surface area (Å²) in [6.07, 6.45) is 2.71. The van der Waals surface area contributed by atoms with Gasteiger partial charge in [-0.3, -0.25) is 4.79 Å². The molecule has 0 bridgehead atoms. The number of nitrogens with zero attached hydrogens (tertiary/aromatic N) is 1. The molecule has 2 saturated heterocycles. The van der Waals surface area contributed by atoms with Crippen LogP contribution in [0.15, 0.2) is 24.3 Å². The number of rotatable bonds is 3. The van der Waals surface area contributed by atoms with Gasteiger partial charge in [0.05, 0.1) is 17.6 Å². The molecule has 0 spiro atoms. The minimum absolute atomic E-state index is 0.232. The zero-order valence-corrected chi connectivity index (χ0v) is 16.2. The van der Waals surface area contributed by atoms with Crippen LogP contribution in [0, 0.1) is 5.92 Å². The first kappa shape index (κ1) is 18.5. The molecule has 0 aromatic heterocycles. The molecule has 136 valence electrons. The van der Waals surface area contributed by atoms with Crippen LogP contribution in [0.4, 0.5) is 0 Å². The third-order valence-electron chi connectivity index (χ3n) is 6.00. The molecule has 0 aliphatic carbocycles. The summed E-state index contributed by atoms with van der Waals surface area (Å²) in [5.74, 6) is 0.971. The Morgan fingerprint density at radius 2 is 1.60 bits per heavy atom. The SMILES string of the molecule is CC1CCN(C(=O)Cc2ccc(B3OC(C)(C)C(C)(C)O3)cc2)CC1. The maximum absolute atomic E-state index is 12.5. The minimum atomic E-state index is -0.349. The van der Waals surface area contributed by atoms with Crippen LogP contribution in [0.2, 0.25) is 0 Å². The number of hydrogen-bond acceptors (Lipinski definition) is 3. The number of benzene rings is 1. The van der Waals surface area contributed by atoms with E-state index in [0.717, 1.165) is 42.9 Å². The zero-order chi connectivity index (χ0) is 18.2. The van der Waals surface area contributed by atoms with Gasteiger partial charge in [-0.1, -0.05) is 31.2 Å². The molecule has 1 amide bonds. The lowest BCUT2D eigenvalue weighted by Gasteiger charge is -2.32. The number of carbonyl (C=O) groups is 1. The molecular formula is C20H30BNO3. The van der Waals surface area contributed by atoms with Gasteiger partial charge in [0.15, 0.2) is 0 Å². The molecular weight excluding hydrogens is 313 g/mol. The van der Waals surface area contributed by atoms with Gasteiger partial charge in [0.1, 0.15) is 0 Å². The Hall–Kier alpha value is -1.33. The topological polar surface area (TPSA) is 38.8 Å². The molecule has 0 atom stereocenters. The monoisotopic (exact) mass is 343 g/mol. The lowest BCUT2D eigenvalue weighted by molar-refractivity contribution is -0.131. The molecule has 2 aliphatic rings. The molecule has 0 radical (unpaired) electrons. The predicted octanol–water partition coefficient (Wildman–Crippen LogP) is 2.79. The van der Waals surface area contributed by atoms with Gasteiger partial charge in [-0.05, 0) is 57.5 Å². The Bertz CT molecular complexity index is 602. The highest BCUT2D eigenvalue weighted by molar-refractivity contribution is 6.62. The molecule has 4 nitrogen and oxygen atoms in total. The molecule has 1 aromatic carbocycles. The summed E-state index contributed by atoms with van der Waals surface area (Å²) in [5.41, 5.74) is 1.38. The van der Waals surface area contributed by atoms with Crippen molar-refractivity contribution < 1.29 is 14.1 Å². The van der Waals surface area contributed by atoms with Gasteiger partial charge in [0, 0.05) is 13.1 Å². The van der Waals surface area contributed by atoms with Crippen LogP contribution in [-0.4, -0.2) is 42.2 Å². The summed E-state index contributed by atoms with van der Waals surface area (Å²) >= 11 is 0. The first-order valence-electron chi connectivity index (χ1n) is 9.40. The Morgan fingerprint density at radius 3 is 2.12 bits per heavy atom. The van der Waals surface area contributed by atoms with Crippen LogP contribution in [0.5, 0.6) is 0 Å². The zero-order valence-electron chi connectivity index (χ0n) is 16.2. The van der Waals surface area contributed by atoms with Crippen molar-refractivity contribution in [2.75, 3.05) is 13.1 Å². The maximum Gasteiger partial charge on any atom is 0.494 e. The Labute approximate surface area is 152 Å². The lowest BCUT2D eigenvalue weighted by atomic mass is 9.79. The molecule has 0 saturated carbocycles. The van der Waals surface area contributed by atoms with Crippen LogP contribution in [0.3, 0.4) is 0 Å². The second kappa shape index (κ2) is 6.77. The summed E-state index contributed by atoms with van der Waals surface area (Å²) in [4.78, 5) is 14.5. The highest BCUT2D eigenvalue weighted by Crippen LogP contribution is 2.36. The highest BCUT2D eigenvalue weighted by atomic mass is 16.7. The molecule has 5 heteroatoms. The van der Waals surface area contributed by atoms with E-state index in [-0.39, 0.29) is 24.2 Å². The predicted molar refractivity (Wildman–Crippen MR) is 101 cm³/mol. The Balaban J connectivity index is 1.60. The first-order chi connectivity index (χ1) is 11.7. The van der Waals surface area contributed by atoms with Crippen LogP contribution >= 0.6 is 0 Å². The number of piperidine rings is 1. The number of hydrogen-bond donors (Lipinski definition) is 0. The fourth-order valence-corrected chi connectivity index (χ4v) is 3.32. The summed E-state index contributed by atoms with van der Waals surface area (Å²) in [5, 5.41) is 0. The van der Waals surface area contributed by atoms with E-state index in [1.54, 1.807) is 0 Å². The van der Waals surface area contributed by atoms with Crippen LogP contribution < -0.4 is 5.46 Å². The fourth-order valence-electron chi connectivity index (χ4n) is 3.32. The molecule has 2 aliphatic heterocycles. The second-order valence-corrected chi connectivity index (χ2v) is 8.57. The third kappa shape index (κ3) is 3.93. The Kier molecular flexibility index (Phi) is 5.00. The smallest absolute Gasteiger partial charge is 0.399 e. The van der Waals surface area contributed by atoms with E-state index in [1.807, 2.05) is 29.2 Å². The molecule has 2 heterocycles. The van der Waals surface area contributed by atoms with E-state index in [4.69, 9.17) is 9.31 Å². The largest absolute Gasteiger partial charge is 0.494 e. The van der Waals surface area contributed by atoms with Crippen LogP contribution in [0.1, 0.15) is 53.0 Å². The molecule has 0 unspecified atom stereocenters. The molecule has 1 aromatic rings. The Morgan fingerprint density at radius 1 is 1.08 bits per heavy atom. The van der Waals surface area contributed by atoms with Gasteiger partial charge >= 0.3 is 7.12 Å². The molecule has 0 N–H and O–H groups in total. The van der Waals surface area contributed by atoms with E-state index in [2.05, 4.69) is 34.6 Å². The summed E-state index contributed by atoms with van der Waals surface area (Å²) in [6.45, 7) is 12.3. The van der Waals surface area contributed by atoms with Crippen molar-refractivity contribution in [1.82, 2.24) is 4.90 Å². The van der Waals surface area contributed by atoms with Crippen molar-refractivity contribution in [3.8, 4) is 0 Å². The standard InChI is InChI=1S/C20H30BNO3/c1-15-10-12-22(13-11-15)18(23)14-16-6-8-17(9-7-16)21-24-19(2,3)20(4,5)25-21/h6-9,15H,10-14H2,1-5H3. The summed E-state index contributed by atoms with van der Waals surface area (Å²) in [7, 11) is -0.349. The van der Waals surface area contributed by atoms with Crippen molar-refractivity contribution in [2.24, 2.45) is 5.92 Å². The van der Waals surface area contributed by atoms with Gasteiger partial charge in [0.2, 0.25) is 5.91 Å². The number of carbonyl (C=O) groups excluding carboxylic acids is 1. The fraction of sp³-hybridized carbons (Fsp3) is 0.650. The molecule has 3 rings (SSSR count). The highest BCUT2D eigenvalue weighted by Gasteiger charge is 2.51. The quantitative estimate of drug-likeness (QED) is 0.793. The normalized spacial score (nSPS) is 23.1. The van der Waals surface area contributed by atoms with E-state index in [0.29, 0.717) is 6.42 Å². The van der Waals surface area contributed by atoms with Gasteiger partial charge < -0.3 is 14.2 Å². The lowest BCUT2D eigenvalue weighted by Crippen LogP contribution is -2.41. The van der Waals surface area contributed by atoms with Crippen LogP contribution in [0.25, 0.3) is 0 Å². The van der Waals surface area contributed by atoms with Crippen molar-refractivity contribution in [2.45, 2.75) is 65.1 Å². The van der Waals surface area contributed by atoms with E-state index in [1.165, 1.54) is 0 Å². The summed E-state index contributed by atoms with van der Waals surface area (Å²) < 4.78 is 12.2. The van der Waals surface area contributed by atoms with Gasteiger partial charge in [0.25, 0.3) is 0 Å². The van der Waals surface area contributed by atoms with Crippen molar-refractivity contribution in [1.29, 1.82) is 0 Å². The van der Waals surface area contributed by atoms with Crippen molar-refractivity contribution >= 4 is 18.5 Å². The molecule has 25 heavy (non-hydrogen) atoms. The molecule has 2 fully saturated rings. The van der Waals surface area contributed by atoms with Crippen molar-refractivity contribution in [3.63, 3.8) is 0 Å². The number of likely N-dealkylation sites (tertiary alicyclic amines) is 1. The van der Waals surface area contributed by atoms with Gasteiger partial charge in [-0.2, -0.15) is 0 Å². The van der Waals surface area contributed by atoms with Crippen LogP contribution in [-0.2, 0) is 20.5 Å². The van der Waals surface area contributed by atoms with E-state index in [9.17, 15) is 4.79 Å². The van der Waals surface area contributed by atoms with E-state index < -0.39 is 0 Å². The van der Waals surface area contributed by atoms with E-state index >= 15 is 0 Å². The minimum Gasteiger partial charge on any atom is -0.399 e. The van der Waals surface area contributed by atoms with Gasteiger partial charge in [-0.15, -0.1) is 0 Å². The summed E-state index contributed by atoms with van der Waals surface area (Å²) in [6, 6.07) is 8.07.